The van der Waals surface area contributed by atoms with Crippen molar-refractivity contribution < 1.29 is 19.4 Å². The van der Waals surface area contributed by atoms with Gasteiger partial charge in [0.15, 0.2) is 0 Å². The Labute approximate surface area is 194 Å². The molecule has 1 aliphatic rings. The van der Waals surface area contributed by atoms with Crippen molar-refractivity contribution >= 4 is 46.5 Å². The number of nitrogens with zero attached hydrogens (tertiary/aromatic N) is 1. The lowest BCUT2D eigenvalue weighted by Crippen LogP contribution is -2.62. The van der Waals surface area contributed by atoms with E-state index >= 15 is 0 Å². The van der Waals surface area contributed by atoms with E-state index in [0.29, 0.717) is 17.0 Å². The summed E-state index contributed by atoms with van der Waals surface area (Å²) in [5.74, 6) is -0.209. The molecule has 0 unspecified atom stereocenters. The molecule has 0 radical (unpaired) electrons. The molecule has 0 saturated carbocycles. The molecule has 3 aromatic rings. The number of carbonyl (C=O) groups excluding carboxylic acids is 2. The van der Waals surface area contributed by atoms with E-state index in [4.69, 9.17) is 27.9 Å². The maximum absolute atomic E-state index is 13.5. The van der Waals surface area contributed by atoms with E-state index in [2.05, 4.69) is 10.6 Å². The number of benzene rings is 3. The number of carbonyl (C=O) groups is 2. The Hall–Kier alpha value is -3.26. The average Bonchev–Trinajstić information content (AvgIpc) is 2.79. The van der Waals surface area contributed by atoms with E-state index in [1.807, 2.05) is 12.1 Å². The number of hydrogen-bond donors (Lipinski definition) is 3. The summed E-state index contributed by atoms with van der Waals surface area (Å²) in [5, 5.41) is 17.7. The van der Waals surface area contributed by atoms with Gasteiger partial charge >= 0.3 is 6.03 Å². The van der Waals surface area contributed by atoms with Crippen molar-refractivity contribution in [2.75, 3.05) is 17.3 Å². The molecule has 1 aliphatic heterocycles. The quantitative estimate of drug-likeness (QED) is 0.510. The zero-order valence-corrected chi connectivity index (χ0v) is 18.4. The molecule has 32 heavy (non-hydrogen) atoms. The summed E-state index contributed by atoms with van der Waals surface area (Å²) in [7, 11) is 1.53. The van der Waals surface area contributed by atoms with Crippen LogP contribution in [0.5, 0.6) is 5.75 Å². The second kappa shape index (κ2) is 8.70. The van der Waals surface area contributed by atoms with E-state index in [0.717, 1.165) is 4.90 Å². The zero-order valence-electron chi connectivity index (χ0n) is 16.9. The van der Waals surface area contributed by atoms with E-state index in [9.17, 15) is 14.7 Å². The summed E-state index contributed by atoms with van der Waals surface area (Å²) >= 11 is 12.2. The summed E-state index contributed by atoms with van der Waals surface area (Å²) in [4.78, 5) is 27.4. The van der Waals surface area contributed by atoms with Crippen LogP contribution in [0.4, 0.5) is 16.2 Å². The number of methoxy groups -OCH3 is 1. The van der Waals surface area contributed by atoms with Gasteiger partial charge in [0.05, 0.1) is 28.5 Å². The molecule has 0 fully saturated rings. The number of halogens is 2. The summed E-state index contributed by atoms with van der Waals surface area (Å²) in [5.41, 5.74) is -0.909. The lowest BCUT2D eigenvalue weighted by molar-refractivity contribution is -0.140. The van der Waals surface area contributed by atoms with Crippen LogP contribution in [-0.2, 0) is 17.1 Å². The summed E-state index contributed by atoms with van der Waals surface area (Å²) in [6.45, 7) is 0.0736. The maximum atomic E-state index is 13.5. The zero-order chi connectivity index (χ0) is 22.9. The van der Waals surface area contributed by atoms with Gasteiger partial charge in [-0.1, -0.05) is 59.6 Å². The number of anilines is 2. The Balaban J connectivity index is 1.77. The fraction of sp³-hybridized carbons (Fsp3) is 0.130. The minimum atomic E-state index is -2.35. The van der Waals surface area contributed by atoms with E-state index in [-0.39, 0.29) is 27.8 Å². The first-order chi connectivity index (χ1) is 15.4. The molecule has 1 heterocycles. The van der Waals surface area contributed by atoms with Gasteiger partial charge in [-0.3, -0.25) is 9.69 Å². The first-order valence-electron chi connectivity index (χ1n) is 9.64. The number of hydrogen-bond acceptors (Lipinski definition) is 4. The number of fused-ring (bicyclic) bond motifs is 1. The molecule has 4 rings (SSSR count). The summed E-state index contributed by atoms with van der Waals surface area (Å²) < 4.78 is 5.32. The molecule has 3 amide bonds. The maximum Gasteiger partial charge on any atom is 0.329 e. The monoisotopic (exact) mass is 471 g/mol. The van der Waals surface area contributed by atoms with Crippen molar-refractivity contribution in [3.8, 4) is 5.75 Å². The summed E-state index contributed by atoms with van der Waals surface area (Å²) in [6, 6.07) is 17.4. The SMILES string of the molecule is COc1ccccc1CNC(=O)[C@@]1(O)c2ccccc2NC(=O)N1c1ccc(Cl)c(Cl)c1. The van der Waals surface area contributed by atoms with Crippen molar-refractivity contribution in [2.45, 2.75) is 12.3 Å². The van der Waals surface area contributed by atoms with Gasteiger partial charge in [-0.15, -0.1) is 0 Å². The van der Waals surface area contributed by atoms with Crippen molar-refractivity contribution in [1.29, 1.82) is 0 Å². The second-order valence-corrected chi connectivity index (χ2v) is 7.89. The molecular weight excluding hydrogens is 453 g/mol. The van der Waals surface area contributed by atoms with E-state index < -0.39 is 17.7 Å². The Morgan fingerprint density at radius 2 is 1.81 bits per heavy atom. The molecule has 9 heteroatoms. The number of aliphatic hydroxyl groups is 1. The fourth-order valence-corrected chi connectivity index (χ4v) is 3.93. The number of amides is 3. The van der Waals surface area contributed by atoms with Crippen LogP contribution in [0.3, 0.4) is 0 Å². The van der Waals surface area contributed by atoms with Crippen LogP contribution < -0.4 is 20.3 Å². The molecule has 0 bridgehead atoms. The molecule has 0 spiro atoms. The highest BCUT2D eigenvalue weighted by molar-refractivity contribution is 6.42. The van der Waals surface area contributed by atoms with Crippen molar-refractivity contribution in [1.82, 2.24) is 5.32 Å². The number of urea groups is 1. The van der Waals surface area contributed by atoms with Gasteiger partial charge in [0.25, 0.3) is 11.6 Å². The molecule has 1 atom stereocenters. The molecule has 164 valence electrons. The highest BCUT2D eigenvalue weighted by Crippen LogP contribution is 2.41. The van der Waals surface area contributed by atoms with Crippen LogP contribution >= 0.6 is 23.2 Å². The predicted octanol–water partition coefficient (Wildman–Crippen LogP) is 4.52. The van der Waals surface area contributed by atoms with Crippen molar-refractivity contribution in [3.63, 3.8) is 0 Å². The first kappa shape index (κ1) is 22.0. The molecule has 0 saturated heterocycles. The summed E-state index contributed by atoms with van der Waals surface area (Å²) in [6.07, 6.45) is 0. The van der Waals surface area contributed by atoms with Gasteiger partial charge in [0, 0.05) is 17.7 Å². The predicted molar refractivity (Wildman–Crippen MR) is 123 cm³/mol. The number of para-hydroxylation sites is 2. The second-order valence-electron chi connectivity index (χ2n) is 7.08. The van der Waals surface area contributed by atoms with Crippen LogP contribution in [0.15, 0.2) is 66.7 Å². The van der Waals surface area contributed by atoms with Crippen molar-refractivity contribution in [2.24, 2.45) is 0 Å². The largest absolute Gasteiger partial charge is 0.496 e. The van der Waals surface area contributed by atoms with Gasteiger partial charge in [0.1, 0.15) is 5.75 Å². The van der Waals surface area contributed by atoms with E-state index in [1.165, 1.54) is 25.3 Å². The van der Waals surface area contributed by atoms with Gasteiger partial charge in [-0.2, -0.15) is 0 Å². The first-order valence-corrected chi connectivity index (χ1v) is 10.4. The van der Waals surface area contributed by atoms with Crippen LogP contribution in [0.25, 0.3) is 0 Å². The molecule has 7 nitrogen and oxygen atoms in total. The molecule has 0 aromatic heterocycles. The van der Waals surface area contributed by atoms with Crippen molar-refractivity contribution in [3.05, 3.63) is 87.9 Å². The van der Waals surface area contributed by atoms with Crippen LogP contribution in [-0.4, -0.2) is 24.2 Å². The van der Waals surface area contributed by atoms with Crippen LogP contribution in [0.2, 0.25) is 10.0 Å². The third kappa shape index (κ3) is 3.75. The highest BCUT2D eigenvalue weighted by Gasteiger charge is 2.52. The number of ether oxygens (including phenoxy) is 1. The highest BCUT2D eigenvalue weighted by atomic mass is 35.5. The Bertz CT molecular complexity index is 1200. The molecule has 3 aromatic carbocycles. The standard InChI is InChI=1S/C23H19Cl2N3O4/c1-32-20-9-5-2-6-14(20)13-26-21(29)23(31)16-7-3-4-8-19(16)27-22(30)28(23)15-10-11-17(24)18(25)12-15/h2-12,31H,13H2,1H3,(H,26,29)(H,27,30)/t23-/m0/s1. The number of rotatable bonds is 5. The van der Waals surface area contributed by atoms with E-state index in [1.54, 1.807) is 36.4 Å². The molecule has 3 N–H and O–H groups in total. The topological polar surface area (TPSA) is 90.9 Å². The average molecular weight is 472 g/mol. The molecular formula is C23H19Cl2N3O4. The normalized spacial score (nSPS) is 17.4. The Kier molecular flexibility index (Phi) is 5.97. The van der Waals surface area contributed by atoms with Gasteiger partial charge in [0.2, 0.25) is 0 Å². The fourth-order valence-electron chi connectivity index (χ4n) is 3.63. The lowest BCUT2D eigenvalue weighted by atomic mass is 9.94. The van der Waals surface area contributed by atoms with Gasteiger partial charge < -0.3 is 20.5 Å². The lowest BCUT2D eigenvalue weighted by Gasteiger charge is -2.42. The Morgan fingerprint density at radius 1 is 1.09 bits per heavy atom. The third-order valence-electron chi connectivity index (χ3n) is 5.18. The Morgan fingerprint density at radius 3 is 2.56 bits per heavy atom. The van der Waals surface area contributed by atoms with Crippen LogP contribution in [0.1, 0.15) is 11.1 Å². The third-order valence-corrected chi connectivity index (χ3v) is 5.92. The smallest absolute Gasteiger partial charge is 0.329 e. The van der Waals surface area contributed by atoms with Crippen LogP contribution in [0, 0.1) is 0 Å². The minimum absolute atomic E-state index is 0.0736. The van der Waals surface area contributed by atoms with Gasteiger partial charge in [-0.05, 0) is 30.3 Å². The minimum Gasteiger partial charge on any atom is -0.496 e. The number of nitrogens with one attached hydrogen (secondary N) is 2. The van der Waals surface area contributed by atoms with Gasteiger partial charge in [-0.25, -0.2) is 4.79 Å². The molecule has 0 aliphatic carbocycles.